The van der Waals surface area contributed by atoms with Gasteiger partial charge >= 0.3 is 0 Å². The summed E-state index contributed by atoms with van der Waals surface area (Å²) in [6, 6.07) is 0. The Morgan fingerprint density at radius 2 is 2.31 bits per heavy atom. The van der Waals surface area contributed by atoms with E-state index in [-0.39, 0.29) is 11.7 Å². The number of aryl methyl sites for hydroxylation is 1. The minimum atomic E-state index is -0.158. The Bertz CT molecular complexity index is 404. The molecule has 0 bridgehead atoms. The summed E-state index contributed by atoms with van der Waals surface area (Å²) in [7, 11) is 1.61. The van der Waals surface area contributed by atoms with Crippen LogP contribution in [0.3, 0.4) is 0 Å². The molecule has 1 aromatic heterocycles. The minimum Gasteiger partial charge on any atom is -0.380 e. The summed E-state index contributed by atoms with van der Waals surface area (Å²) < 4.78 is 7.15. The summed E-state index contributed by atoms with van der Waals surface area (Å²) in [5, 5.41) is 7.01. The number of aromatic nitrogens is 2. The van der Waals surface area contributed by atoms with Crippen molar-refractivity contribution in [1.29, 1.82) is 0 Å². The fourth-order valence-corrected chi connectivity index (χ4v) is 1.61. The first-order chi connectivity index (χ1) is 7.52. The lowest BCUT2D eigenvalue weighted by Crippen LogP contribution is -2.22. The fourth-order valence-electron chi connectivity index (χ4n) is 1.11. The van der Waals surface area contributed by atoms with Gasteiger partial charge in [-0.05, 0) is 29.8 Å². The predicted molar refractivity (Wildman–Crippen MR) is 66.8 cm³/mol. The summed E-state index contributed by atoms with van der Waals surface area (Å²) >= 11 is 3.24. The van der Waals surface area contributed by atoms with Gasteiger partial charge in [0.25, 0.3) is 5.56 Å². The maximum Gasteiger partial charge on any atom is 0.282 e. The van der Waals surface area contributed by atoms with Crippen LogP contribution in [0.15, 0.2) is 15.5 Å². The molecule has 16 heavy (non-hydrogen) atoms. The van der Waals surface area contributed by atoms with Gasteiger partial charge < -0.3 is 10.1 Å². The number of rotatable bonds is 5. The van der Waals surface area contributed by atoms with Crippen LogP contribution in [0.5, 0.6) is 0 Å². The number of anilines is 1. The molecule has 0 aliphatic heterocycles. The monoisotopic (exact) mass is 289 g/mol. The molecule has 0 atom stereocenters. The van der Waals surface area contributed by atoms with Crippen molar-refractivity contribution in [2.75, 3.05) is 18.5 Å². The number of nitrogens with zero attached hydrogens (tertiary/aromatic N) is 2. The van der Waals surface area contributed by atoms with E-state index in [0.717, 1.165) is 0 Å². The smallest absolute Gasteiger partial charge is 0.282 e. The van der Waals surface area contributed by atoms with E-state index < -0.39 is 0 Å². The molecule has 1 heterocycles. The Morgan fingerprint density at radius 1 is 1.62 bits per heavy atom. The quantitative estimate of drug-likeness (QED) is 0.832. The highest BCUT2D eigenvalue weighted by molar-refractivity contribution is 9.10. The Hall–Kier alpha value is -0.880. The van der Waals surface area contributed by atoms with E-state index in [2.05, 4.69) is 26.3 Å². The molecule has 0 saturated carbocycles. The van der Waals surface area contributed by atoms with E-state index in [1.165, 1.54) is 4.68 Å². The van der Waals surface area contributed by atoms with Gasteiger partial charge in [0.2, 0.25) is 0 Å². The van der Waals surface area contributed by atoms with Crippen LogP contribution in [0.1, 0.15) is 13.8 Å². The van der Waals surface area contributed by atoms with Crippen molar-refractivity contribution >= 4 is 21.6 Å². The summed E-state index contributed by atoms with van der Waals surface area (Å²) in [5.41, 5.74) is 0.533. The molecule has 0 unspecified atom stereocenters. The third-order valence-electron chi connectivity index (χ3n) is 1.95. The normalized spacial score (nSPS) is 10.8. The molecule has 0 aromatic carbocycles. The number of hydrogen-bond acceptors (Lipinski definition) is 4. The summed E-state index contributed by atoms with van der Waals surface area (Å²) in [5.74, 6) is 0. The summed E-state index contributed by atoms with van der Waals surface area (Å²) in [6.07, 6.45) is 1.83. The lowest BCUT2D eigenvalue weighted by atomic mass is 10.4. The highest BCUT2D eigenvalue weighted by Gasteiger charge is 2.05. The molecule has 1 rings (SSSR count). The first-order valence-electron chi connectivity index (χ1n) is 5.09. The van der Waals surface area contributed by atoms with E-state index in [1.807, 2.05) is 13.8 Å². The van der Waals surface area contributed by atoms with Crippen molar-refractivity contribution in [2.24, 2.45) is 7.05 Å². The summed E-state index contributed by atoms with van der Waals surface area (Å²) in [6.45, 7) is 5.20. The lowest BCUT2D eigenvalue weighted by molar-refractivity contribution is 0.0870. The van der Waals surface area contributed by atoms with Crippen LogP contribution in [0.25, 0.3) is 0 Å². The average molecular weight is 290 g/mol. The second-order valence-corrected chi connectivity index (χ2v) is 4.44. The van der Waals surface area contributed by atoms with Crippen molar-refractivity contribution in [2.45, 2.75) is 20.0 Å². The Balaban J connectivity index is 2.55. The van der Waals surface area contributed by atoms with Crippen LogP contribution in [0.2, 0.25) is 0 Å². The van der Waals surface area contributed by atoms with Crippen molar-refractivity contribution < 1.29 is 4.74 Å². The fraction of sp³-hybridized carbons (Fsp3) is 0.600. The molecule has 0 fully saturated rings. The zero-order chi connectivity index (χ0) is 12.1. The van der Waals surface area contributed by atoms with Gasteiger partial charge in [-0.15, -0.1) is 0 Å². The standard InChI is InChI=1S/C10H16BrN3O2/c1-7(2)16-5-4-12-8-6-13-14(3)10(15)9(8)11/h6-7,12H,4-5H2,1-3H3. The lowest BCUT2D eigenvalue weighted by Gasteiger charge is -2.10. The number of ether oxygens (including phenoxy) is 1. The Morgan fingerprint density at radius 3 is 2.94 bits per heavy atom. The van der Waals surface area contributed by atoms with Crippen LogP contribution in [-0.4, -0.2) is 29.0 Å². The van der Waals surface area contributed by atoms with Gasteiger partial charge in [-0.3, -0.25) is 4.79 Å². The van der Waals surface area contributed by atoms with E-state index in [9.17, 15) is 4.79 Å². The van der Waals surface area contributed by atoms with Crippen LogP contribution >= 0.6 is 15.9 Å². The molecular formula is C10H16BrN3O2. The molecule has 0 radical (unpaired) electrons. The van der Waals surface area contributed by atoms with Crippen LogP contribution < -0.4 is 10.9 Å². The van der Waals surface area contributed by atoms with Gasteiger partial charge in [-0.2, -0.15) is 5.10 Å². The van der Waals surface area contributed by atoms with Crippen molar-refractivity contribution in [3.63, 3.8) is 0 Å². The van der Waals surface area contributed by atoms with E-state index >= 15 is 0 Å². The van der Waals surface area contributed by atoms with E-state index in [4.69, 9.17) is 4.74 Å². The minimum absolute atomic E-state index is 0.158. The topological polar surface area (TPSA) is 56.1 Å². The molecule has 0 spiro atoms. The molecule has 1 N–H and O–H groups in total. The van der Waals surface area contributed by atoms with Crippen LogP contribution in [0.4, 0.5) is 5.69 Å². The van der Waals surface area contributed by atoms with Gasteiger partial charge in [0.1, 0.15) is 4.47 Å². The molecule has 1 aromatic rings. The first-order valence-corrected chi connectivity index (χ1v) is 5.89. The van der Waals surface area contributed by atoms with Crippen molar-refractivity contribution in [3.05, 3.63) is 21.0 Å². The van der Waals surface area contributed by atoms with Crippen LogP contribution in [-0.2, 0) is 11.8 Å². The highest BCUT2D eigenvalue weighted by Crippen LogP contribution is 2.15. The second kappa shape index (κ2) is 6.00. The first kappa shape index (κ1) is 13.2. The van der Waals surface area contributed by atoms with Gasteiger partial charge in [0.05, 0.1) is 24.6 Å². The molecule has 0 aliphatic carbocycles. The maximum atomic E-state index is 11.5. The Kier molecular flexibility index (Phi) is 4.95. The second-order valence-electron chi connectivity index (χ2n) is 3.65. The highest BCUT2D eigenvalue weighted by atomic mass is 79.9. The molecular weight excluding hydrogens is 274 g/mol. The molecule has 6 heteroatoms. The SMILES string of the molecule is CC(C)OCCNc1cnn(C)c(=O)c1Br. The molecule has 90 valence electrons. The molecule has 0 saturated heterocycles. The maximum absolute atomic E-state index is 11.5. The largest absolute Gasteiger partial charge is 0.380 e. The van der Waals surface area contributed by atoms with Gasteiger partial charge in [-0.25, -0.2) is 4.68 Å². The van der Waals surface area contributed by atoms with E-state index in [0.29, 0.717) is 23.3 Å². The van der Waals surface area contributed by atoms with Gasteiger partial charge in [0.15, 0.2) is 0 Å². The average Bonchev–Trinajstić information content (AvgIpc) is 2.23. The number of nitrogens with one attached hydrogen (secondary N) is 1. The molecule has 0 aliphatic rings. The molecule has 0 amide bonds. The van der Waals surface area contributed by atoms with Gasteiger partial charge in [0, 0.05) is 13.6 Å². The van der Waals surface area contributed by atoms with E-state index in [1.54, 1.807) is 13.2 Å². The van der Waals surface area contributed by atoms with Crippen molar-refractivity contribution in [1.82, 2.24) is 9.78 Å². The van der Waals surface area contributed by atoms with Crippen molar-refractivity contribution in [3.8, 4) is 0 Å². The summed E-state index contributed by atoms with van der Waals surface area (Å²) in [4.78, 5) is 11.5. The molecule has 5 nitrogen and oxygen atoms in total. The van der Waals surface area contributed by atoms with Crippen LogP contribution in [0, 0.1) is 0 Å². The Labute approximate surface area is 103 Å². The number of hydrogen-bond donors (Lipinski definition) is 1. The number of halogens is 1. The predicted octanol–water partition coefficient (Wildman–Crippen LogP) is 1.38. The van der Waals surface area contributed by atoms with Gasteiger partial charge in [-0.1, -0.05) is 0 Å². The zero-order valence-electron chi connectivity index (χ0n) is 9.66. The zero-order valence-corrected chi connectivity index (χ0v) is 11.2. The third kappa shape index (κ3) is 3.61. The third-order valence-corrected chi connectivity index (χ3v) is 2.71.